The molecule has 1 fully saturated rings. The van der Waals surface area contributed by atoms with Gasteiger partial charge in [-0.1, -0.05) is 6.92 Å². The summed E-state index contributed by atoms with van der Waals surface area (Å²) < 4.78 is 0. The molecule has 3 nitrogen and oxygen atoms in total. The van der Waals surface area contributed by atoms with Crippen LogP contribution in [0.4, 0.5) is 5.69 Å². The molecule has 1 aromatic rings. The Bertz CT molecular complexity index is 364. The number of pyridine rings is 1. The predicted octanol–water partition coefficient (Wildman–Crippen LogP) is 2.36. The number of hydrogen-bond acceptors (Lipinski definition) is 3. The molecule has 3 heteroatoms. The molecule has 2 heterocycles. The zero-order chi connectivity index (χ0) is 12.3. The molecule has 1 aliphatic heterocycles. The van der Waals surface area contributed by atoms with Crippen LogP contribution in [-0.2, 0) is 0 Å². The van der Waals surface area contributed by atoms with Crippen molar-refractivity contribution in [2.45, 2.75) is 45.7 Å². The summed E-state index contributed by atoms with van der Waals surface area (Å²) in [5.74, 6) is 0. The summed E-state index contributed by atoms with van der Waals surface area (Å²) >= 11 is 0. The molecule has 0 aromatic carbocycles. The maximum absolute atomic E-state index is 4.25. The largest absolute Gasteiger partial charge is 0.367 e. The molecule has 0 amide bonds. The lowest BCUT2D eigenvalue weighted by Gasteiger charge is -2.40. The van der Waals surface area contributed by atoms with Crippen LogP contribution >= 0.6 is 0 Å². The Kier molecular flexibility index (Phi) is 4.00. The van der Waals surface area contributed by atoms with E-state index in [1.54, 1.807) is 0 Å². The highest BCUT2D eigenvalue weighted by molar-refractivity contribution is 5.52. The van der Waals surface area contributed by atoms with Gasteiger partial charge in [0.15, 0.2) is 0 Å². The monoisotopic (exact) mass is 233 g/mol. The van der Waals surface area contributed by atoms with E-state index in [0.717, 1.165) is 13.1 Å². The van der Waals surface area contributed by atoms with E-state index in [1.807, 2.05) is 12.4 Å². The van der Waals surface area contributed by atoms with E-state index >= 15 is 0 Å². The molecule has 1 aromatic heterocycles. The second-order valence-corrected chi connectivity index (χ2v) is 4.98. The first-order valence-corrected chi connectivity index (χ1v) is 6.63. The molecule has 2 atom stereocenters. The Labute approximate surface area is 104 Å². The molecule has 0 radical (unpaired) electrons. The molecule has 0 bridgehead atoms. The van der Waals surface area contributed by atoms with Gasteiger partial charge in [0, 0.05) is 24.8 Å². The van der Waals surface area contributed by atoms with Crippen LogP contribution in [0.2, 0.25) is 0 Å². The fraction of sp³-hybridized carbons (Fsp3) is 0.643. The topological polar surface area (TPSA) is 28.2 Å². The zero-order valence-corrected chi connectivity index (χ0v) is 11.1. The molecule has 1 aliphatic rings. The van der Waals surface area contributed by atoms with Crippen LogP contribution in [0.15, 0.2) is 18.5 Å². The third-order valence-electron chi connectivity index (χ3n) is 3.69. The lowest BCUT2D eigenvalue weighted by atomic mass is 9.97. The van der Waals surface area contributed by atoms with Gasteiger partial charge >= 0.3 is 0 Å². The Hall–Kier alpha value is -1.09. The van der Waals surface area contributed by atoms with Crippen molar-refractivity contribution in [3.05, 3.63) is 24.0 Å². The number of aromatic nitrogens is 1. The molecular weight excluding hydrogens is 210 g/mol. The second kappa shape index (κ2) is 5.50. The highest BCUT2D eigenvalue weighted by Crippen LogP contribution is 2.26. The van der Waals surface area contributed by atoms with Gasteiger partial charge in [0.25, 0.3) is 0 Å². The van der Waals surface area contributed by atoms with Crippen molar-refractivity contribution in [1.29, 1.82) is 0 Å². The summed E-state index contributed by atoms with van der Waals surface area (Å²) in [6, 6.07) is 3.37. The van der Waals surface area contributed by atoms with Crippen molar-refractivity contribution in [1.82, 2.24) is 10.3 Å². The van der Waals surface area contributed by atoms with Crippen LogP contribution in [0.1, 0.15) is 32.3 Å². The van der Waals surface area contributed by atoms with Crippen molar-refractivity contribution in [3.63, 3.8) is 0 Å². The van der Waals surface area contributed by atoms with Crippen molar-refractivity contribution < 1.29 is 0 Å². The predicted molar refractivity (Wildman–Crippen MR) is 72.5 cm³/mol. The summed E-state index contributed by atoms with van der Waals surface area (Å²) in [7, 11) is 0. The standard InChI is InChI=1S/C14H23N3/c1-4-16-13-6-8-17(12(3)9-13)14-10-15-7-5-11(14)2/h5,7,10,12-13,16H,4,6,8-9H2,1-3H3. The number of nitrogens with zero attached hydrogens (tertiary/aromatic N) is 2. The van der Waals surface area contributed by atoms with Gasteiger partial charge in [0.05, 0.1) is 11.9 Å². The van der Waals surface area contributed by atoms with Gasteiger partial charge in [-0.3, -0.25) is 4.98 Å². The van der Waals surface area contributed by atoms with Gasteiger partial charge in [-0.15, -0.1) is 0 Å². The molecule has 1 N–H and O–H groups in total. The van der Waals surface area contributed by atoms with Crippen molar-refractivity contribution in [2.75, 3.05) is 18.0 Å². The van der Waals surface area contributed by atoms with E-state index in [2.05, 4.69) is 42.0 Å². The van der Waals surface area contributed by atoms with E-state index in [9.17, 15) is 0 Å². The van der Waals surface area contributed by atoms with Crippen molar-refractivity contribution >= 4 is 5.69 Å². The average Bonchev–Trinajstić information content (AvgIpc) is 2.31. The van der Waals surface area contributed by atoms with Crippen LogP contribution in [0, 0.1) is 6.92 Å². The lowest BCUT2D eigenvalue weighted by molar-refractivity contribution is 0.373. The highest BCUT2D eigenvalue weighted by atomic mass is 15.2. The zero-order valence-electron chi connectivity index (χ0n) is 11.1. The fourth-order valence-corrected chi connectivity index (χ4v) is 2.76. The van der Waals surface area contributed by atoms with Gasteiger partial charge in [0.1, 0.15) is 0 Å². The average molecular weight is 233 g/mol. The Morgan fingerprint density at radius 3 is 3.00 bits per heavy atom. The molecule has 94 valence electrons. The fourth-order valence-electron chi connectivity index (χ4n) is 2.76. The number of piperidine rings is 1. The first-order valence-electron chi connectivity index (χ1n) is 6.63. The van der Waals surface area contributed by atoms with Crippen LogP contribution in [0.5, 0.6) is 0 Å². The van der Waals surface area contributed by atoms with E-state index in [0.29, 0.717) is 12.1 Å². The van der Waals surface area contributed by atoms with Gasteiger partial charge < -0.3 is 10.2 Å². The quantitative estimate of drug-likeness (QED) is 0.868. The third kappa shape index (κ3) is 2.78. The first-order chi connectivity index (χ1) is 8.22. The van der Waals surface area contributed by atoms with E-state index in [-0.39, 0.29) is 0 Å². The van der Waals surface area contributed by atoms with Gasteiger partial charge in [-0.2, -0.15) is 0 Å². The molecule has 2 rings (SSSR count). The second-order valence-electron chi connectivity index (χ2n) is 4.98. The van der Waals surface area contributed by atoms with Crippen LogP contribution < -0.4 is 10.2 Å². The Balaban J connectivity index is 2.07. The number of anilines is 1. The summed E-state index contributed by atoms with van der Waals surface area (Å²) in [6.45, 7) is 8.87. The normalized spacial score (nSPS) is 25.0. The number of rotatable bonds is 3. The third-order valence-corrected chi connectivity index (χ3v) is 3.69. The summed E-state index contributed by atoms with van der Waals surface area (Å²) in [4.78, 5) is 6.75. The summed E-state index contributed by atoms with van der Waals surface area (Å²) in [5, 5.41) is 3.56. The minimum absolute atomic E-state index is 0.593. The Morgan fingerprint density at radius 1 is 1.53 bits per heavy atom. The van der Waals surface area contributed by atoms with Gasteiger partial charge in [-0.05, 0) is 44.9 Å². The SMILES string of the molecule is CCNC1CCN(c2cnccc2C)C(C)C1. The molecule has 17 heavy (non-hydrogen) atoms. The summed E-state index contributed by atoms with van der Waals surface area (Å²) in [6.07, 6.45) is 6.32. The lowest BCUT2D eigenvalue weighted by Crippen LogP contribution is -2.47. The van der Waals surface area contributed by atoms with E-state index < -0.39 is 0 Å². The van der Waals surface area contributed by atoms with Crippen molar-refractivity contribution in [2.24, 2.45) is 0 Å². The van der Waals surface area contributed by atoms with Crippen molar-refractivity contribution in [3.8, 4) is 0 Å². The number of hydrogen-bond donors (Lipinski definition) is 1. The smallest absolute Gasteiger partial charge is 0.0584 e. The molecule has 0 saturated carbocycles. The minimum atomic E-state index is 0.593. The van der Waals surface area contributed by atoms with E-state index in [1.165, 1.54) is 24.1 Å². The molecular formula is C14H23N3. The molecule has 0 aliphatic carbocycles. The Morgan fingerprint density at radius 2 is 2.35 bits per heavy atom. The van der Waals surface area contributed by atoms with Crippen LogP contribution in [0.3, 0.4) is 0 Å². The van der Waals surface area contributed by atoms with Crippen LogP contribution in [-0.4, -0.2) is 30.2 Å². The van der Waals surface area contributed by atoms with E-state index in [4.69, 9.17) is 0 Å². The van der Waals surface area contributed by atoms with Crippen LogP contribution in [0.25, 0.3) is 0 Å². The number of nitrogens with one attached hydrogen (secondary N) is 1. The van der Waals surface area contributed by atoms with Gasteiger partial charge in [0.2, 0.25) is 0 Å². The first kappa shape index (κ1) is 12.4. The molecule has 1 saturated heterocycles. The maximum atomic E-state index is 4.25. The van der Waals surface area contributed by atoms with Gasteiger partial charge in [-0.25, -0.2) is 0 Å². The summed E-state index contributed by atoms with van der Waals surface area (Å²) in [5.41, 5.74) is 2.63. The number of aryl methyl sites for hydroxylation is 1. The highest BCUT2D eigenvalue weighted by Gasteiger charge is 2.25. The molecule has 0 spiro atoms. The molecule has 2 unspecified atom stereocenters. The maximum Gasteiger partial charge on any atom is 0.0584 e. The minimum Gasteiger partial charge on any atom is -0.367 e.